The molecule has 1 atom stereocenters. The van der Waals surface area contributed by atoms with E-state index < -0.39 is 0 Å². The van der Waals surface area contributed by atoms with Crippen LogP contribution in [0.4, 0.5) is 0 Å². The Hall–Kier alpha value is -1.06. The van der Waals surface area contributed by atoms with E-state index in [0.29, 0.717) is 6.54 Å². The maximum Gasteiger partial charge on any atom is 0.223 e. The minimum atomic E-state index is 0.103. The van der Waals surface area contributed by atoms with Crippen molar-refractivity contribution in [2.75, 3.05) is 20.6 Å². The summed E-state index contributed by atoms with van der Waals surface area (Å²) >= 11 is 6.29. The van der Waals surface area contributed by atoms with E-state index >= 15 is 0 Å². The fourth-order valence-corrected chi connectivity index (χ4v) is 3.28. The predicted molar refractivity (Wildman–Crippen MR) is 87.5 cm³/mol. The van der Waals surface area contributed by atoms with Crippen LogP contribution in [0.5, 0.6) is 0 Å². The van der Waals surface area contributed by atoms with Crippen LogP contribution in [0.25, 0.3) is 0 Å². The minimum Gasteiger partial charge on any atom is -0.354 e. The summed E-state index contributed by atoms with van der Waals surface area (Å²) in [5.74, 6) is 0.404. The standard InChI is InChI=1S/C17H25ClN2O/c1-20(2)16(14-10-6-7-11-15(14)18)12-19-17(21)13-8-4-3-5-9-13/h6-7,10-11,13,16H,3-5,8-9,12H2,1-2H3,(H,19,21). The molecule has 3 nitrogen and oxygen atoms in total. The van der Waals surface area contributed by atoms with Gasteiger partial charge in [0.05, 0.1) is 6.04 Å². The second kappa shape index (κ2) is 7.81. The Balaban J connectivity index is 1.97. The number of halogens is 1. The number of benzene rings is 1. The normalized spacial score (nSPS) is 17.7. The van der Waals surface area contributed by atoms with Crippen molar-refractivity contribution in [1.29, 1.82) is 0 Å². The third-order valence-corrected chi connectivity index (χ3v) is 4.68. The molecule has 1 aliphatic carbocycles. The van der Waals surface area contributed by atoms with Gasteiger partial charge in [0, 0.05) is 17.5 Å². The van der Waals surface area contributed by atoms with E-state index in [4.69, 9.17) is 11.6 Å². The zero-order valence-corrected chi connectivity index (χ0v) is 13.7. The van der Waals surface area contributed by atoms with Crippen LogP contribution < -0.4 is 5.32 Å². The van der Waals surface area contributed by atoms with Crippen LogP contribution in [-0.4, -0.2) is 31.4 Å². The van der Waals surface area contributed by atoms with Gasteiger partial charge in [-0.25, -0.2) is 0 Å². The first kappa shape index (κ1) is 16.3. The van der Waals surface area contributed by atoms with Crippen molar-refractivity contribution >= 4 is 17.5 Å². The van der Waals surface area contributed by atoms with Gasteiger partial charge in [-0.15, -0.1) is 0 Å². The summed E-state index contributed by atoms with van der Waals surface area (Å²) in [7, 11) is 4.03. The molecule has 1 fully saturated rings. The summed E-state index contributed by atoms with van der Waals surface area (Å²) in [4.78, 5) is 14.4. The molecule has 1 aromatic rings. The molecule has 0 bridgehead atoms. The summed E-state index contributed by atoms with van der Waals surface area (Å²) in [6.07, 6.45) is 5.69. The summed E-state index contributed by atoms with van der Waals surface area (Å²) in [6.45, 7) is 0.603. The number of likely N-dealkylation sites (N-methyl/N-ethyl adjacent to an activating group) is 1. The average molecular weight is 309 g/mol. The van der Waals surface area contributed by atoms with Gasteiger partial charge in [-0.3, -0.25) is 4.79 Å². The first-order valence-electron chi connectivity index (χ1n) is 7.78. The van der Waals surface area contributed by atoms with Gasteiger partial charge in [0.25, 0.3) is 0 Å². The zero-order chi connectivity index (χ0) is 15.2. The molecule has 0 saturated heterocycles. The number of carbonyl (C=O) groups is 1. The molecule has 1 N–H and O–H groups in total. The van der Waals surface area contributed by atoms with Crippen molar-refractivity contribution in [3.05, 3.63) is 34.9 Å². The van der Waals surface area contributed by atoms with Crippen LogP contribution in [0, 0.1) is 5.92 Å². The zero-order valence-electron chi connectivity index (χ0n) is 12.9. The fraction of sp³-hybridized carbons (Fsp3) is 0.588. The quantitative estimate of drug-likeness (QED) is 0.900. The number of hydrogen-bond acceptors (Lipinski definition) is 2. The van der Waals surface area contributed by atoms with Crippen molar-refractivity contribution in [3.8, 4) is 0 Å². The second-order valence-corrected chi connectivity index (χ2v) is 6.49. The Labute approximate surface area is 132 Å². The molecule has 0 aliphatic heterocycles. The van der Waals surface area contributed by atoms with Crippen LogP contribution in [-0.2, 0) is 4.79 Å². The van der Waals surface area contributed by atoms with Crippen LogP contribution in [0.3, 0.4) is 0 Å². The third kappa shape index (κ3) is 4.45. The van der Waals surface area contributed by atoms with Crippen molar-refractivity contribution in [2.24, 2.45) is 5.92 Å². The first-order chi connectivity index (χ1) is 10.1. The maximum atomic E-state index is 12.3. The molecule has 116 valence electrons. The second-order valence-electron chi connectivity index (χ2n) is 6.08. The monoisotopic (exact) mass is 308 g/mol. The van der Waals surface area contributed by atoms with Crippen LogP contribution in [0.1, 0.15) is 43.7 Å². The Morgan fingerprint density at radius 2 is 1.95 bits per heavy atom. The molecule has 21 heavy (non-hydrogen) atoms. The highest BCUT2D eigenvalue weighted by atomic mass is 35.5. The number of hydrogen-bond donors (Lipinski definition) is 1. The smallest absolute Gasteiger partial charge is 0.223 e. The van der Waals surface area contributed by atoms with Crippen LogP contribution in [0.2, 0.25) is 5.02 Å². The van der Waals surface area contributed by atoms with Gasteiger partial charge in [0.2, 0.25) is 5.91 Å². The lowest BCUT2D eigenvalue weighted by Crippen LogP contribution is -2.38. The fourth-order valence-electron chi connectivity index (χ4n) is 3.02. The lowest BCUT2D eigenvalue weighted by atomic mass is 9.88. The topological polar surface area (TPSA) is 32.3 Å². The van der Waals surface area contributed by atoms with Crippen LogP contribution >= 0.6 is 11.6 Å². The van der Waals surface area contributed by atoms with E-state index in [1.54, 1.807) is 0 Å². The molecule has 4 heteroatoms. The first-order valence-corrected chi connectivity index (χ1v) is 8.16. The van der Waals surface area contributed by atoms with Gasteiger partial charge in [-0.05, 0) is 38.6 Å². The average Bonchev–Trinajstić information content (AvgIpc) is 2.49. The molecule has 1 amide bonds. The molecule has 1 saturated carbocycles. The number of rotatable bonds is 5. The van der Waals surface area contributed by atoms with E-state index in [1.165, 1.54) is 19.3 Å². The molecule has 1 unspecified atom stereocenters. The van der Waals surface area contributed by atoms with E-state index in [9.17, 15) is 4.79 Å². The lowest BCUT2D eigenvalue weighted by molar-refractivity contribution is -0.126. The van der Waals surface area contributed by atoms with Crippen LogP contribution in [0.15, 0.2) is 24.3 Å². The summed E-state index contributed by atoms with van der Waals surface area (Å²) in [5.41, 5.74) is 1.06. The Bertz CT molecular complexity index is 470. The van der Waals surface area contributed by atoms with Gasteiger partial charge in [-0.1, -0.05) is 49.1 Å². The van der Waals surface area contributed by atoms with Gasteiger partial charge in [0.15, 0.2) is 0 Å². The van der Waals surface area contributed by atoms with Gasteiger partial charge in [0.1, 0.15) is 0 Å². The van der Waals surface area contributed by atoms with E-state index in [-0.39, 0.29) is 17.9 Å². The van der Waals surface area contributed by atoms with Gasteiger partial charge in [-0.2, -0.15) is 0 Å². The number of carbonyl (C=O) groups excluding carboxylic acids is 1. The molecule has 0 heterocycles. The van der Waals surface area contributed by atoms with E-state index in [1.807, 2.05) is 38.4 Å². The number of amides is 1. The third-order valence-electron chi connectivity index (χ3n) is 4.33. The summed E-state index contributed by atoms with van der Waals surface area (Å²) < 4.78 is 0. The van der Waals surface area contributed by atoms with E-state index in [0.717, 1.165) is 23.4 Å². The molecule has 2 rings (SSSR count). The predicted octanol–water partition coefficient (Wildman–Crippen LogP) is 3.64. The SMILES string of the molecule is CN(C)C(CNC(=O)C1CCCCC1)c1ccccc1Cl. The molecule has 1 aliphatic rings. The van der Waals surface area contributed by atoms with Crippen molar-refractivity contribution in [3.63, 3.8) is 0 Å². The molecular weight excluding hydrogens is 284 g/mol. The van der Waals surface area contributed by atoms with Crippen molar-refractivity contribution in [2.45, 2.75) is 38.1 Å². The highest BCUT2D eigenvalue weighted by Crippen LogP contribution is 2.26. The molecule has 0 radical (unpaired) electrons. The highest BCUT2D eigenvalue weighted by Gasteiger charge is 2.23. The van der Waals surface area contributed by atoms with E-state index in [2.05, 4.69) is 10.2 Å². The highest BCUT2D eigenvalue weighted by molar-refractivity contribution is 6.31. The van der Waals surface area contributed by atoms with Crippen molar-refractivity contribution < 1.29 is 4.79 Å². The minimum absolute atomic E-state index is 0.103. The van der Waals surface area contributed by atoms with Gasteiger partial charge >= 0.3 is 0 Å². The Morgan fingerprint density at radius 1 is 1.29 bits per heavy atom. The largest absolute Gasteiger partial charge is 0.354 e. The molecule has 0 aromatic heterocycles. The molecule has 0 spiro atoms. The molecule has 1 aromatic carbocycles. The van der Waals surface area contributed by atoms with Crippen molar-refractivity contribution in [1.82, 2.24) is 10.2 Å². The summed E-state index contributed by atoms with van der Waals surface area (Å²) in [6, 6.07) is 7.95. The summed E-state index contributed by atoms with van der Waals surface area (Å²) in [5, 5.41) is 3.87. The Kier molecular flexibility index (Phi) is 6.07. The number of nitrogens with one attached hydrogen (secondary N) is 1. The lowest BCUT2D eigenvalue weighted by Gasteiger charge is -2.27. The molecular formula is C17H25ClN2O. The van der Waals surface area contributed by atoms with Gasteiger partial charge < -0.3 is 10.2 Å². The maximum absolute atomic E-state index is 12.3. The number of nitrogens with zero attached hydrogens (tertiary/aromatic N) is 1. The Morgan fingerprint density at radius 3 is 2.57 bits per heavy atom.